The highest BCUT2D eigenvalue weighted by atomic mass is 16.2. The van der Waals surface area contributed by atoms with Gasteiger partial charge in [0.2, 0.25) is 0 Å². The summed E-state index contributed by atoms with van der Waals surface area (Å²) in [5.41, 5.74) is 1.86. The number of rotatable bonds is 3. The van der Waals surface area contributed by atoms with E-state index in [-0.39, 0.29) is 5.91 Å². The summed E-state index contributed by atoms with van der Waals surface area (Å²) in [7, 11) is 0. The molecule has 2 aromatic heterocycles. The molecule has 2 fully saturated rings. The monoisotopic (exact) mass is 308 g/mol. The first-order chi connectivity index (χ1) is 11.3. The Balaban J connectivity index is 1.36. The molecule has 2 aliphatic heterocycles. The number of fused-ring (bicyclic) bond motifs is 1. The number of nitrogens with zero attached hydrogens (tertiary/aromatic N) is 4. The van der Waals surface area contributed by atoms with Crippen LogP contribution in [0.2, 0.25) is 0 Å². The maximum Gasteiger partial charge on any atom is 0.253 e. The molecule has 4 heterocycles. The standard InChI is InChI=1S/C18H20N4O/c23-18(14-4-7-19-8-5-14)22-11-15-9-21(10-16(15)12-22)13-17-3-1-2-6-20-17/h1-8,15-16H,9-13H2/t15-,16+. The molecule has 2 atom stereocenters. The predicted octanol–water partition coefficient (Wildman–Crippen LogP) is 1.68. The highest BCUT2D eigenvalue weighted by Crippen LogP contribution is 2.32. The lowest BCUT2D eigenvalue weighted by molar-refractivity contribution is 0.0773. The molecule has 5 nitrogen and oxygen atoms in total. The number of carbonyl (C=O) groups excluding carboxylic acids is 1. The minimum Gasteiger partial charge on any atom is -0.338 e. The second-order valence-corrected chi connectivity index (χ2v) is 6.48. The zero-order valence-corrected chi connectivity index (χ0v) is 13.0. The zero-order chi connectivity index (χ0) is 15.6. The van der Waals surface area contributed by atoms with Crippen LogP contribution in [0.25, 0.3) is 0 Å². The van der Waals surface area contributed by atoms with Gasteiger partial charge in [-0.25, -0.2) is 0 Å². The van der Waals surface area contributed by atoms with Gasteiger partial charge in [-0.1, -0.05) is 6.07 Å². The Morgan fingerprint density at radius 2 is 1.74 bits per heavy atom. The lowest BCUT2D eigenvalue weighted by Gasteiger charge is -2.21. The summed E-state index contributed by atoms with van der Waals surface area (Å²) in [6, 6.07) is 9.65. The first-order valence-electron chi connectivity index (χ1n) is 8.11. The third-order valence-electron chi connectivity index (χ3n) is 4.89. The van der Waals surface area contributed by atoms with Crippen LogP contribution in [-0.2, 0) is 6.54 Å². The van der Waals surface area contributed by atoms with Crippen LogP contribution < -0.4 is 0 Å². The summed E-state index contributed by atoms with van der Waals surface area (Å²) in [6.07, 6.45) is 5.21. The van der Waals surface area contributed by atoms with E-state index in [0.29, 0.717) is 11.8 Å². The number of hydrogen-bond acceptors (Lipinski definition) is 4. The van der Waals surface area contributed by atoms with Crippen LogP contribution in [-0.4, -0.2) is 51.9 Å². The number of likely N-dealkylation sites (tertiary alicyclic amines) is 2. The van der Waals surface area contributed by atoms with Crippen LogP contribution in [0.1, 0.15) is 16.1 Å². The van der Waals surface area contributed by atoms with Crippen LogP contribution in [0.15, 0.2) is 48.9 Å². The molecule has 0 aromatic carbocycles. The molecule has 0 N–H and O–H groups in total. The van der Waals surface area contributed by atoms with Crippen molar-refractivity contribution in [2.45, 2.75) is 6.54 Å². The molecule has 5 heteroatoms. The van der Waals surface area contributed by atoms with Crippen molar-refractivity contribution in [2.24, 2.45) is 11.8 Å². The molecule has 23 heavy (non-hydrogen) atoms. The van der Waals surface area contributed by atoms with Gasteiger partial charge in [-0.15, -0.1) is 0 Å². The van der Waals surface area contributed by atoms with Crippen molar-refractivity contribution in [3.05, 3.63) is 60.2 Å². The van der Waals surface area contributed by atoms with Gasteiger partial charge in [0.05, 0.1) is 5.69 Å². The summed E-state index contributed by atoms with van der Waals surface area (Å²) in [5, 5.41) is 0. The molecule has 2 aliphatic rings. The smallest absolute Gasteiger partial charge is 0.253 e. The SMILES string of the molecule is O=C(c1ccncc1)N1C[C@H]2CN(Cc3ccccn3)C[C@H]2C1. The molecular weight excluding hydrogens is 288 g/mol. The van der Waals surface area contributed by atoms with Crippen LogP contribution in [0, 0.1) is 11.8 Å². The van der Waals surface area contributed by atoms with Gasteiger partial charge in [0.1, 0.15) is 0 Å². The largest absolute Gasteiger partial charge is 0.338 e. The Labute approximate surface area is 136 Å². The van der Waals surface area contributed by atoms with Gasteiger partial charge >= 0.3 is 0 Å². The van der Waals surface area contributed by atoms with Crippen LogP contribution in [0.3, 0.4) is 0 Å². The lowest BCUT2D eigenvalue weighted by atomic mass is 10.0. The van der Waals surface area contributed by atoms with E-state index in [2.05, 4.69) is 20.9 Å². The lowest BCUT2D eigenvalue weighted by Crippen LogP contribution is -2.33. The van der Waals surface area contributed by atoms with Crippen molar-refractivity contribution in [1.29, 1.82) is 0 Å². The van der Waals surface area contributed by atoms with Crippen LogP contribution in [0.4, 0.5) is 0 Å². The maximum absolute atomic E-state index is 12.5. The molecule has 0 spiro atoms. The molecule has 0 aliphatic carbocycles. The summed E-state index contributed by atoms with van der Waals surface area (Å²) in [4.78, 5) is 25.4. The van der Waals surface area contributed by atoms with Gasteiger partial charge in [-0.3, -0.25) is 19.7 Å². The van der Waals surface area contributed by atoms with Crippen LogP contribution >= 0.6 is 0 Å². The minimum absolute atomic E-state index is 0.137. The second kappa shape index (κ2) is 6.08. The first-order valence-corrected chi connectivity index (χ1v) is 8.11. The van der Waals surface area contributed by atoms with E-state index in [1.807, 2.05) is 23.2 Å². The topological polar surface area (TPSA) is 49.3 Å². The summed E-state index contributed by atoms with van der Waals surface area (Å²) >= 11 is 0. The Hall–Kier alpha value is -2.27. The van der Waals surface area contributed by atoms with Gasteiger partial charge < -0.3 is 4.90 Å². The van der Waals surface area contributed by atoms with E-state index in [1.165, 1.54) is 0 Å². The quantitative estimate of drug-likeness (QED) is 0.865. The Morgan fingerprint density at radius 1 is 1.00 bits per heavy atom. The fourth-order valence-electron chi connectivity index (χ4n) is 3.78. The Morgan fingerprint density at radius 3 is 2.39 bits per heavy atom. The molecule has 0 radical (unpaired) electrons. The number of pyridine rings is 2. The average Bonchev–Trinajstić information content (AvgIpc) is 3.14. The summed E-state index contributed by atoms with van der Waals surface area (Å²) in [5.74, 6) is 1.31. The highest BCUT2D eigenvalue weighted by Gasteiger charge is 2.41. The highest BCUT2D eigenvalue weighted by molar-refractivity contribution is 5.94. The maximum atomic E-state index is 12.5. The summed E-state index contributed by atoms with van der Waals surface area (Å²) < 4.78 is 0. The van der Waals surface area contributed by atoms with Crippen LogP contribution in [0.5, 0.6) is 0 Å². The average molecular weight is 308 g/mol. The number of hydrogen-bond donors (Lipinski definition) is 0. The molecule has 0 unspecified atom stereocenters. The molecule has 4 rings (SSSR count). The fourth-order valence-corrected chi connectivity index (χ4v) is 3.78. The Bertz CT molecular complexity index is 662. The zero-order valence-electron chi connectivity index (χ0n) is 13.0. The van der Waals surface area contributed by atoms with E-state index in [0.717, 1.165) is 44.0 Å². The third-order valence-corrected chi connectivity index (χ3v) is 4.89. The number of amides is 1. The third kappa shape index (κ3) is 2.97. The number of aromatic nitrogens is 2. The molecular formula is C18H20N4O. The normalized spacial score (nSPS) is 23.9. The molecule has 1 amide bonds. The van der Waals surface area contributed by atoms with E-state index in [4.69, 9.17) is 0 Å². The van der Waals surface area contributed by atoms with Crippen molar-refractivity contribution < 1.29 is 4.79 Å². The van der Waals surface area contributed by atoms with Gasteiger partial charge in [0, 0.05) is 56.9 Å². The van der Waals surface area contributed by atoms with Gasteiger partial charge in [-0.2, -0.15) is 0 Å². The van der Waals surface area contributed by atoms with Gasteiger partial charge in [-0.05, 0) is 36.1 Å². The predicted molar refractivity (Wildman–Crippen MR) is 86.6 cm³/mol. The molecule has 0 bridgehead atoms. The second-order valence-electron chi connectivity index (χ2n) is 6.48. The fraction of sp³-hybridized carbons (Fsp3) is 0.389. The molecule has 2 aromatic rings. The van der Waals surface area contributed by atoms with Crippen molar-refractivity contribution in [3.63, 3.8) is 0 Å². The molecule has 2 saturated heterocycles. The van der Waals surface area contributed by atoms with Gasteiger partial charge in [0.15, 0.2) is 0 Å². The van der Waals surface area contributed by atoms with Crippen molar-refractivity contribution in [3.8, 4) is 0 Å². The molecule has 118 valence electrons. The van der Waals surface area contributed by atoms with E-state index < -0.39 is 0 Å². The number of carbonyl (C=O) groups is 1. The summed E-state index contributed by atoms with van der Waals surface area (Å²) in [6.45, 7) is 4.75. The van der Waals surface area contributed by atoms with E-state index >= 15 is 0 Å². The first kappa shape index (κ1) is 14.3. The van der Waals surface area contributed by atoms with Gasteiger partial charge in [0.25, 0.3) is 5.91 Å². The van der Waals surface area contributed by atoms with Crippen molar-refractivity contribution in [1.82, 2.24) is 19.8 Å². The van der Waals surface area contributed by atoms with E-state index in [9.17, 15) is 4.79 Å². The Kier molecular flexibility index (Phi) is 3.79. The van der Waals surface area contributed by atoms with Crippen molar-refractivity contribution in [2.75, 3.05) is 26.2 Å². The van der Waals surface area contributed by atoms with Crippen molar-refractivity contribution >= 4 is 5.91 Å². The van der Waals surface area contributed by atoms with E-state index in [1.54, 1.807) is 24.5 Å². The minimum atomic E-state index is 0.137. The molecule has 0 saturated carbocycles.